The first-order chi connectivity index (χ1) is 11.2. The Morgan fingerprint density at radius 1 is 1.13 bits per heavy atom. The van der Waals surface area contributed by atoms with E-state index in [9.17, 15) is 4.79 Å². The van der Waals surface area contributed by atoms with Gasteiger partial charge in [0.2, 0.25) is 5.91 Å². The number of likely N-dealkylation sites (tertiary alicyclic amines) is 1. The molecule has 0 spiro atoms. The number of anilines is 1. The summed E-state index contributed by atoms with van der Waals surface area (Å²) in [4.78, 5) is 14.9. The third kappa shape index (κ3) is 4.20. The van der Waals surface area contributed by atoms with Gasteiger partial charge in [0.15, 0.2) is 0 Å². The maximum absolute atomic E-state index is 12.5. The average Bonchev–Trinajstić information content (AvgIpc) is 2.58. The zero-order chi connectivity index (χ0) is 16.1. The smallest absolute Gasteiger partial charge is 0.228 e. The minimum atomic E-state index is 0.0768. The first-order valence-corrected chi connectivity index (χ1v) is 8.35. The Balaban J connectivity index is 1.59. The topological polar surface area (TPSA) is 32.3 Å². The molecule has 1 aliphatic heterocycles. The number of aryl methyl sites for hydroxylation is 1. The molecule has 0 unspecified atom stereocenters. The van der Waals surface area contributed by atoms with Crippen molar-refractivity contribution in [2.45, 2.75) is 26.3 Å². The van der Waals surface area contributed by atoms with Crippen LogP contribution in [0.15, 0.2) is 54.6 Å². The van der Waals surface area contributed by atoms with Crippen LogP contribution in [-0.4, -0.2) is 23.9 Å². The lowest BCUT2D eigenvalue weighted by Gasteiger charge is -2.32. The zero-order valence-corrected chi connectivity index (χ0v) is 13.7. The molecule has 2 aromatic rings. The fourth-order valence-electron chi connectivity index (χ4n) is 3.21. The molecule has 2 aromatic carbocycles. The highest BCUT2D eigenvalue weighted by Crippen LogP contribution is 2.21. The number of rotatable bonds is 4. The number of hydrogen-bond acceptors (Lipinski definition) is 2. The molecule has 120 valence electrons. The molecule has 0 bridgehead atoms. The van der Waals surface area contributed by atoms with Crippen LogP contribution in [0, 0.1) is 12.8 Å². The minimum absolute atomic E-state index is 0.0768. The molecule has 1 amide bonds. The lowest BCUT2D eigenvalue weighted by Crippen LogP contribution is -2.40. The Labute approximate surface area is 138 Å². The van der Waals surface area contributed by atoms with E-state index in [-0.39, 0.29) is 11.8 Å². The van der Waals surface area contributed by atoms with Crippen LogP contribution in [-0.2, 0) is 11.3 Å². The zero-order valence-electron chi connectivity index (χ0n) is 13.7. The molecule has 0 saturated carbocycles. The van der Waals surface area contributed by atoms with Gasteiger partial charge in [0, 0.05) is 18.8 Å². The van der Waals surface area contributed by atoms with Gasteiger partial charge in [-0.2, -0.15) is 0 Å². The van der Waals surface area contributed by atoms with Gasteiger partial charge in [-0.3, -0.25) is 9.69 Å². The van der Waals surface area contributed by atoms with E-state index in [0.29, 0.717) is 0 Å². The fourth-order valence-corrected chi connectivity index (χ4v) is 3.21. The van der Waals surface area contributed by atoms with E-state index in [0.717, 1.165) is 38.2 Å². The summed E-state index contributed by atoms with van der Waals surface area (Å²) < 4.78 is 0. The second-order valence-corrected chi connectivity index (χ2v) is 6.36. The normalized spacial score (nSPS) is 18.6. The van der Waals surface area contributed by atoms with Gasteiger partial charge in [0.05, 0.1) is 5.92 Å². The standard InChI is InChI=1S/C20H24N2O/c1-16-8-5-6-9-17(16)14-22-13-7-10-18(15-22)20(23)21-19-11-3-2-4-12-19/h2-6,8-9,11-12,18H,7,10,13-15H2,1H3,(H,21,23)/t18-/m1/s1. The Bertz CT molecular complexity index is 654. The first kappa shape index (κ1) is 15.8. The van der Waals surface area contributed by atoms with E-state index < -0.39 is 0 Å². The van der Waals surface area contributed by atoms with E-state index in [1.54, 1.807) is 0 Å². The van der Waals surface area contributed by atoms with Crippen LogP contribution >= 0.6 is 0 Å². The van der Waals surface area contributed by atoms with Gasteiger partial charge in [-0.05, 0) is 49.6 Å². The summed E-state index contributed by atoms with van der Waals surface area (Å²) in [6.07, 6.45) is 2.06. The van der Waals surface area contributed by atoms with E-state index in [1.807, 2.05) is 30.3 Å². The molecule has 23 heavy (non-hydrogen) atoms. The summed E-state index contributed by atoms with van der Waals surface area (Å²) in [5, 5.41) is 3.04. The molecule has 1 saturated heterocycles. The minimum Gasteiger partial charge on any atom is -0.326 e. The highest BCUT2D eigenvalue weighted by molar-refractivity contribution is 5.92. The van der Waals surface area contributed by atoms with Crippen molar-refractivity contribution in [3.05, 3.63) is 65.7 Å². The largest absolute Gasteiger partial charge is 0.326 e. The van der Waals surface area contributed by atoms with E-state index >= 15 is 0 Å². The van der Waals surface area contributed by atoms with Gasteiger partial charge in [-0.25, -0.2) is 0 Å². The summed E-state index contributed by atoms with van der Waals surface area (Å²) in [5.41, 5.74) is 3.56. The maximum Gasteiger partial charge on any atom is 0.228 e. The van der Waals surface area contributed by atoms with Crippen molar-refractivity contribution in [1.29, 1.82) is 0 Å². The molecular formula is C20H24N2O. The molecule has 1 fully saturated rings. The number of nitrogens with zero attached hydrogens (tertiary/aromatic N) is 1. The molecule has 3 heteroatoms. The van der Waals surface area contributed by atoms with E-state index in [2.05, 4.69) is 41.4 Å². The second kappa shape index (κ2) is 7.42. The third-order valence-corrected chi connectivity index (χ3v) is 4.57. The van der Waals surface area contributed by atoms with Crippen LogP contribution in [0.5, 0.6) is 0 Å². The Morgan fingerprint density at radius 3 is 2.65 bits per heavy atom. The SMILES string of the molecule is Cc1ccccc1CN1CCC[C@@H](C(=O)Nc2ccccc2)C1. The molecule has 0 radical (unpaired) electrons. The quantitative estimate of drug-likeness (QED) is 0.930. The number of hydrogen-bond donors (Lipinski definition) is 1. The number of benzene rings is 2. The Morgan fingerprint density at radius 2 is 1.87 bits per heavy atom. The Hall–Kier alpha value is -2.13. The van der Waals surface area contributed by atoms with Crippen molar-refractivity contribution >= 4 is 11.6 Å². The summed E-state index contributed by atoms with van der Waals surface area (Å²) >= 11 is 0. The molecule has 3 rings (SSSR count). The number of piperidine rings is 1. The van der Waals surface area contributed by atoms with Crippen molar-refractivity contribution in [2.75, 3.05) is 18.4 Å². The molecule has 0 aromatic heterocycles. The monoisotopic (exact) mass is 308 g/mol. The van der Waals surface area contributed by atoms with Crippen LogP contribution in [0.4, 0.5) is 5.69 Å². The van der Waals surface area contributed by atoms with Crippen LogP contribution in [0.3, 0.4) is 0 Å². The molecular weight excluding hydrogens is 284 g/mol. The average molecular weight is 308 g/mol. The van der Waals surface area contributed by atoms with Crippen LogP contribution in [0.25, 0.3) is 0 Å². The number of carbonyl (C=O) groups is 1. The number of carbonyl (C=O) groups excluding carboxylic acids is 1. The van der Waals surface area contributed by atoms with Crippen LogP contribution in [0.2, 0.25) is 0 Å². The van der Waals surface area contributed by atoms with Crippen LogP contribution in [0.1, 0.15) is 24.0 Å². The molecule has 0 aliphatic carbocycles. The molecule has 1 atom stereocenters. The lowest BCUT2D eigenvalue weighted by atomic mass is 9.96. The summed E-state index contributed by atoms with van der Waals surface area (Å²) in [5.74, 6) is 0.221. The highest BCUT2D eigenvalue weighted by Gasteiger charge is 2.26. The van der Waals surface area contributed by atoms with Crippen molar-refractivity contribution in [3.8, 4) is 0 Å². The van der Waals surface area contributed by atoms with Crippen molar-refractivity contribution in [3.63, 3.8) is 0 Å². The predicted molar refractivity (Wildman–Crippen MR) is 94.3 cm³/mol. The Kier molecular flexibility index (Phi) is 5.09. The molecule has 1 aliphatic rings. The predicted octanol–water partition coefficient (Wildman–Crippen LogP) is 3.85. The summed E-state index contributed by atoms with van der Waals surface area (Å²) in [6, 6.07) is 18.2. The van der Waals surface area contributed by atoms with Gasteiger partial charge < -0.3 is 5.32 Å². The van der Waals surface area contributed by atoms with Gasteiger partial charge in [-0.1, -0.05) is 42.5 Å². The summed E-state index contributed by atoms with van der Waals surface area (Å²) in [6.45, 7) is 5.00. The van der Waals surface area contributed by atoms with Gasteiger partial charge in [0.25, 0.3) is 0 Å². The number of amides is 1. The second-order valence-electron chi connectivity index (χ2n) is 6.36. The highest BCUT2D eigenvalue weighted by atomic mass is 16.1. The van der Waals surface area contributed by atoms with Crippen molar-refractivity contribution in [2.24, 2.45) is 5.92 Å². The fraction of sp³-hybridized carbons (Fsp3) is 0.350. The van der Waals surface area contributed by atoms with Crippen LogP contribution < -0.4 is 5.32 Å². The van der Waals surface area contributed by atoms with E-state index in [1.165, 1.54) is 11.1 Å². The van der Waals surface area contributed by atoms with E-state index in [4.69, 9.17) is 0 Å². The van der Waals surface area contributed by atoms with Gasteiger partial charge in [0.1, 0.15) is 0 Å². The van der Waals surface area contributed by atoms with Gasteiger partial charge >= 0.3 is 0 Å². The first-order valence-electron chi connectivity index (χ1n) is 8.35. The molecule has 3 nitrogen and oxygen atoms in total. The lowest BCUT2D eigenvalue weighted by molar-refractivity contribution is -0.121. The van der Waals surface area contributed by atoms with Gasteiger partial charge in [-0.15, -0.1) is 0 Å². The van der Waals surface area contributed by atoms with Crippen molar-refractivity contribution < 1.29 is 4.79 Å². The number of para-hydroxylation sites is 1. The molecule has 1 heterocycles. The number of nitrogens with one attached hydrogen (secondary N) is 1. The summed E-state index contributed by atoms with van der Waals surface area (Å²) in [7, 11) is 0. The third-order valence-electron chi connectivity index (χ3n) is 4.57. The maximum atomic E-state index is 12.5. The van der Waals surface area contributed by atoms with Crippen molar-refractivity contribution in [1.82, 2.24) is 4.90 Å². The molecule has 1 N–H and O–H groups in total.